The number of likely N-dealkylation sites (tertiary alicyclic amines) is 1. The number of hydrogen-bond donors (Lipinski definition) is 1. The van der Waals surface area contributed by atoms with Crippen LogP contribution in [0.15, 0.2) is 53.0 Å². The molecule has 1 heterocycles. The van der Waals surface area contributed by atoms with Crippen LogP contribution >= 0.6 is 15.9 Å². The van der Waals surface area contributed by atoms with E-state index in [4.69, 9.17) is 4.74 Å². The van der Waals surface area contributed by atoms with Gasteiger partial charge in [0.25, 0.3) is 5.91 Å². The van der Waals surface area contributed by atoms with Crippen molar-refractivity contribution in [3.8, 4) is 5.75 Å². The summed E-state index contributed by atoms with van der Waals surface area (Å²) in [6, 6.07) is 15.2. The molecule has 0 bridgehead atoms. The fourth-order valence-corrected chi connectivity index (χ4v) is 3.76. The van der Waals surface area contributed by atoms with Crippen molar-refractivity contribution in [2.75, 3.05) is 19.7 Å². The zero-order chi connectivity index (χ0) is 19.9. The lowest BCUT2D eigenvalue weighted by Crippen LogP contribution is -2.46. The van der Waals surface area contributed by atoms with Crippen LogP contribution in [0.25, 0.3) is 0 Å². The number of benzene rings is 2. The molecule has 1 aliphatic heterocycles. The Morgan fingerprint density at radius 1 is 1.14 bits per heavy atom. The highest BCUT2D eigenvalue weighted by molar-refractivity contribution is 9.10. The van der Waals surface area contributed by atoms with Crippen molar-refractivity contribution in [3.05, 3.63) is 64.1 Å². The SMILES string of the molecule is CCOc1ccc(CC(=O)NC2CCN(C(=O)c3cccc(Br)c3)CC2)cc1. The number of carbonyl (C=O) groups excluding carboxylic acids is 2. The summed E-state index contributed by atoms with van der Waals surface area (Å²) < 4.78 is 6.32. The first kappa shape index (κ1) is 20.4. The smallest absolute Gasteiger partial charge is 0.253 e. The molecule has 1 aliphatic rings. The molecule has 1 fully saturated rings. The quantitative estimate of drug-likeness (QED) is 0.736. The first-order valence-electron chi connectivity index (χ1n) is 9.61. The molecular formula is C22H25BrN2O3. The summed E-state index contributed by atoms with van der Waals surface area (Å²) >= 11 is 3.40. The highest BCUT2D eigenvalue weighted by Crippen LogP contribution is 2.18. The van der Waals surface area contributed by atoms with E-state index >= 15 is 0 Å². The molecule has 0 aromatic heterocycles. The van der Waals surface area contributed by atoms with E-state index in [1.165, 1.54) is 0 Å². The van der Waals surface area contributed by atoms with E-state index in [2.05, 4.69) is 21.2 Å². The summed E-state index contributed by atoms with van der Waals surface area (Å²) in [7, 11) is 0. The van der Waals surface area contributed by atoms with Gasteiger partial charge >= 0.3 is 0 Å². The lowest BCUT2D eigenvalue weighted by molar-refractivity contribution is -0.121. The fourth-order valence-electron chi connectivity index (χ4n) is 3.37. The predicted octanol–water partition coefficient (Wildman–Crippen LogP) is 3.81. The predicted molar refractivity (Wildman–Crippen MR) is 113 cm³/mol. The Morgan fingerprint density at radius 2 is 1.86 bits per heavy atom. The molecule has 6 heteroatoms. The average molecular weight is 445 g/mol. The third-order valence-electron chi connectivity index (χ3n) is 4.82. The summed E-state index contributed by atoms with van der Waals surface area (Å²) in [5, 5.41) is 3.10. The second kappa shape index (κ2) is 9.73. The maximum Gasteiger partial charge on any atom is 0.253 e. The number of carbonyl (C=O) groups is 2. The van der Waals surface area contributed by atoms with Crippen LogP contribution in [0.3, 0.4) is 0 Å². The lowest BCUT2D eigenvalue weighted by atomic mass is 10.0. The van der Waals surface area contributed by atoms with Gasteiger partial charge in [-0.25, -0.2) is 0 Å². The maximum absolute atomic E-state index is 12.6. The minimum atomic E-state index is 0.0147. The van der Waals surface area contributed by atoms with Crippen molar-refractivity contribution in [1.29, 1.82) is 0 Å². The van der Waals surface area contributed by atoms with E-state index in [0.29, 0.717) is 31.7 Å². The second-order valence-corrected chi connectivity index (χ2v) is 7.81. The van der Waals surface area contributed by atoms with Crippen LogP contribution in [-0.4, -0.2) is 42.5 Å². The minimum absolute atomic E-state index is 0.0147. The van der Waals surface area contributed by atoms with Crippen LogP contribution in [0, 0.1) is 0 Å². The van der Waals surface area contributed by atoms with Crippen LogP contribution in [0.1, 0.15) is 35.7 Å². The molecule has 0 unspecified atom stereocenters. The Kier molecular flexibility index (Phi) is 7.09. The summed E-state index contributed by atoms with van der Waals surface area (Å²) in [5.41, 5.74) is 1.65. The van der Waals surface area contributed by atoms with E-state index in [-0.39, 0.29) is 17.9 Å². The summed E-state index contributed by atoms with van der Waals surface area (Å²) in [5.74, 6) is 0.871. The van der Waals surface area contributed by atoms with Gasteiger partial charge in [0.15, 0.2) is 0 Å². The van der Waals surface area contributed by atoms with Crippen LogP contribution in [-0.2, 0) is 11.2 Å². The average Bonchev–Trinajstić information content (AvgIpc) is 2.70. The van der Waals surface area contributed by atoms with E-state index in [0.717, 1.165) is 28.6 Å². The number of nitrogens with one attached hydrogen (secondary N) is 1. The van der Waals surface area contributed by atoms with Crippen molar-refractivity contribution in [3.63, 3.8) is 0 Å². The van der Waals surface area contributed by atoms with Crippen molar-refractivity contribution in [2.24, 2.45) is 0 Å². The standard InChI is InChI=1S/C22H25BrN2O3/c1-2-28-20-8-6-16(7-9-20)14-21(26)24-19-10-12-25(13-11-19)22(27)17-4-3-5-18(23)15-17/h3-9,15,19H,2,10-14H2,1H3,(H,24,26). The molecule has 148 valence electrons. The Bertz CT molecular complexity index is 815. The lowest BCUT2D eigenvalue weighted by Gasteiger charge is -2.32. The molecule has 2 aromatic rings. The van der Waals surface area contributed by atoms with Gasteiger partial charge in [0.1, 0.15) is 5.75 Å². The van der Waals surface area contributed by atoms with Gasteiger partial charge in [0.05, 0.1) is 13.0 Å². The fraction of sp³-hybridized carbons (Fsp3) is 0.364. The number of amides is 2. The second-order valence-electron chi connectivity index (χ2n) is 6.90. The number of halogens is 1. The molecule has 0 spiro atoms. The van der Waals surface area contributed by atoms with Gasteiger partial charge in [-0.2, -0.15) is 0 Å². The summed E-state index contributed by atoms with van der Waals surface area (Å²) in [6.07, 6.45) is 1.90. The largest absolute Gasteiger partial charge is 0.494 e. The third kappa shape index (κ3) is 5.58. The number of rotatable bonds is 6. The van der Waals surface area contributed by atoms with E-state index < -0.39 is 0 Å². The van der Waals surface area contributed by atoms with Crippen LogP contribution < -0.4 is 10.1 Å². The highest BCUT2D eigenvalue weighted by atomic mass is 79.9. The van der Waals surface area contributed by atoms with Crippen LogP contribution in [0.4, 0.5) is 0 Å². The Labute approximate surface area is 174 Å². The summed E-state index contributed by atoms with van der Waals surface area (Å²) in [4.78, 5) is 26.8. The molecule has 0 radical (unpaired) electrons. The molecule has 0 atom stereocenters. The van der Waals surface area contributed by atoms with Crippen molar-refractivity contribution >= 4 is 27.7 Å². The molecule has 1 N–H and O–H groups in total. The molecule has 2 aromatic carbocycles. The van der Waals surface area contributed by atoms with Crippen LogP contribution in [0.2, 0.25) is 0 Å². The normalized spacial score (nSPS) is 14.6. The number of piperidine rings is 1. The molecule has 0 aliphatic carbocycles. The van der Waals surface area contributed by atoms with Gasteiger partial charge in [-0.1, -0.05) is 34.1 Å². The summed E-state index contributed by atoms with van der Waals surface area (Å²) in [6.45, 7) is 3.88. The van der Waals surface area contributed by atoms with Crippen molar-refractivity contribution in [1.82, 2.24) is 10.2 Å². The van der Waals surface area contributed by atoms with E-state index in [1.54, 1.807) is 0 Å². The Morgan fingerprint density at radius 3 is 2.50 bits per heavy atom. The molecule has 5 nitrogen and oxygen atoms in total. The van der Waals surface area contributed by atoms with Gasteiger partial charge in [-0.05, 0) is 55.7 Å². The minimum Gasteiger partial charge on any atom is -0.494 e. The van der Waals surface area contributed by atoms with E-state index in [9.17, 15) is 9.59 Å². The monoisotopic (exact) mass is 444 g/mol. The van der Waals surface area contributed by atoms with Gasteiger partial charge in [0.2, 0.25) is 5.91 Å². The zero-order valence-corrected chi connectivity index (χ0v) is 17.6. The molecule has 0 saturated carbocycles. The topological polar surface area (TPSA) is 58.6 Å². The van der Waals surface area contributed by atoms with Crippen molar-refractivity contribution < 1.29 is 14.3 Å². The maximum atomic E-state index is 12.6. The molecule has 1 saturated heterocycles. The Balaban J connectivity index is 1.46. The molecule has 2 amide bonds. The van der Waals surface area contributed by atoms with Gasteiger partial charge < -0.3 is 15.0 Å². The van der Waals surface area contributed by atoms with E-state index in [1.807, 2.05) is 60.4 Å². The zero-order valence-electron chi connectivity index (χ0n) is 16.0. The first-order valence-corrected chi connectivity index (χ1v) is 10.4. The van der Waals surface area contributed by atoms with Crippen LogP contribution in [0.5, 0.6) is 5.75 Å². The van der Waals surface area contributed by atoms with Gasteiger partial charge in [0, 0.05) is 29.2 Å². The third-order valence-corrected chi connectivity index (χ3v) is 5.31. The molecule has 28 heavy (non-hydrogen) atoms. The van der Waals surface area contributed by atoms with Crippen molar-refractivity contribution in [2.45, 2.75) is 32.2 Å². The number of ether oxygens (including phenoxy) is 1. The number of hydrogen-bond acceptors (Lipinski definition) is 3. The molecular weight excluding hydrogens is 420 g/mol. The molecule has 3 rings (SSSR count). The Hall–Kier alpha value is -2.34. The number of nitrogens with zero attached hydrogens (tertiary/aromatic N) is 1. The highest BCUT2D eigenvalue weighted by Gasteiger charge is 2.24. The van der Waals surface area contributed by atoms with Gasteiger partial charge in [-0.3, -0.25) is 9.59 Å². The first-order chi connectivity index (χ1) is 13.5. The van der Waals surface area contributed by atoms with Gasteiger partial charge in [-0.15, -0.1) is 0 Å².